The van der Waals surface area contributed by atoms with Crippen molar-refractivity contribution < 1.29 is 0 Å². The van der Waals surface area contributed by atoms with Gasteiger partial charge in [0.2, 0.25) is 0 Å². The Morgan fingerprint density at radius 1 is 0.344 bits per heavy atom. The van der Waals surface area contributed by atoms with Crippen LogP contribution in [0.15, 0.2) is 243 Å². The molecule has 1 atom stereocenters. The van der Waals surface area contributed by atoms with Crippen molar-refractivity contribution in [2.24, 2.45) is 0 Å². The third-order valence-corrected chi connectivity index (χ3v) is 14.9. The first kappa shape index (κ1) is 37.8. The van der Waals surface area contributed by atoms with Crippen molar-refractivity contribution in [3.8, 4) is 84.2 Å². The predicted octanol–water partition coefficient (Wildman–Crippen LogP) is 14.2. The number of hydrogen-bond donors (Lipinski definition) is 0. The summed E-state index contributed by atoms with van der Waals surface area (Å²) >= 11 is 0. The van der Waals surface area contributed by atoms with E-state index in [4.69, 9.17) is 9.97 Å². The summed E-state index contributed by atoms with van der Waals surface area (Å²) in [6, 6.07) is 87.5. The van der Waals surface area contributed by atoms with E-state index in [1.165, 1.54) is 71.5 Å². The lowest BCUT2D eigenvalue weighted by molar-refractivity contribution is 1.13. The van der Waals surface area contributed by atoms with Gasteiger partial charge in [0.25, 0.3) is 0 Å². The van der Waals surface area contributed by atoms with Gasteiger partial charge in [0.15, 0.2) is 5.82 Å². The van der Waals surface area contributed by atoms with E-state index in [1.807, 2.05) is 18.2 Å². The molecule has 0 fully saturated rings. The van der Waals surface area contributed by atoms with Gasteiger partial charge in [-0.05, 0) is 82.0 Å². The number of para-hydroxylation sites is 1. The number of fused-ring (bicyclic) bond motifs is 7. The molecule has 0 saturated heterocycles. The maximum Gasteiger partial charge on any atom is 0.160 e. The van der Waals surface area contributed by atoms with Crippen molar-refractivity contribution in [1.29, 1.82) is 0 Å². The minimum Gasteiger partial charge on any atom is -0.309 e. The molecule has 0 spiro atoms. The largest absolute Gasteiger partial charge is 0.309 e. The zero-order valence-corrected chi connectivity index (χ0v) is 35.8. The minimum absolute atomic E-state index is 0.701. The molecule has 1 unspecified atom stereocenters. The number of rotatable bonds is 7. The molecule has 0 aliphatic carbocycles. The number of benzene rings is 9. The van der Waals surface area contributed by atoms with Gasteiger partial charge >= 0.3 is 0 Å². The first-order valence-electron chi connectivity index (χ1n) is 21.7. The molecule has 2 aromatic heterocycles. The summed E-state index contributed by atoms with van der Waals surface area (Å²) in [5.74, 6) is 0.701. The Kier molecular flexibility index (Phi) is 9.47. The first-order chi connectivity index (χ1) is 31.7. The SMILES string of the molecule is c1ccc(-c2ccc(-c3cc(-c4ccc(-n5c6c(c7ccccc75)-c5ccccc5P(c5cccc(-c7ccccc7)c5)c5ccccc5-6)cc4)nc(-c4ccccc4)n3)cc2)cc1. The fourth-order valence-electron chi connectivity index (χ4n) is 9.35. The second-order valence-electron chi connectivity index (χ2n) is 16.2. The van der Waals surface area contributed by atoms with Crippen LogP contribution in [0.4, 0.5) is 0 Å². The van der Waals surface area contributed by atoms with E-state index in [0.29, 0.717) is 5.82 Å². The molecule has 0 amide bonds. The van der Waals surface area contributed by atoms with Crippen molar-refractivity contribution in [2.45, 2.75) is 0 Å². The summed E-state index contributed by atoms with van der Waals surface area (Å²) in [5.41, 5.74) is 17.0. The van der Waals surface area contributed by atoms with E-state index in [2.05, 4.69) is 229 Å². The van der Waals surface area contributed by atoms with Crippen LogP contribution in [0, 0.1) is 0 Å². The van der Waals surface area contributed by atoms with Crippen molar-refractivity contribution >= 4 is 34.7 Å². The molecule has 9 aromatic carbocycles. The molecule has 1 aliphatic heterocycles. The standard InChI is InChI=1S/C60H40N3P/c1-4-17-41(18-5-1)43-31-33-44(34-32-43)53-40-54(62-60(61-53)46-21-8-3-9-22-46)45-35-37-48(38-36-45)63-55-28-13-10-25-50(55)58-51-26-11-14-29-56(51)64(57-30-15-12-27-52(57)59(58)63)49-24-16-23-47(39-49)42-19-6-2-7-20-42/h1-40H. The van der Waals surface area contributed by atoms with Crippen molar-refractivity contribution in [3.05, 3.63) is 243 Å². The van der Waals surface area contributed by atoms with Gasteiger partial charge in [-0.15, -0.1) is 0 Å². The van der Waals surface area contributed by atoms with E-state index < -0.39 is 7.92 Å². The van der Waals surface area contributed by atoms with E-state index in [1.54, 1.807) is 0 Å². The van der Waals surface area contributed by atoms with Crippen LogP contribution >= 0.6 is 7.92 Å². The Labute approximate surface area is 374 Å². The van der Waals surface area contributed by atoms with Crippen LogP contribution in [0.2, 0.25) is 0 Å². The smallest absolute Gasteiger partial charge is 0.160 e. The van der Waals surface area contributed by atoms with Gasteiger partial charge in [0.05, 0.1) is 22.6 Å². The first-order valence-corrected chi connectivity index (χ1v) is 23.1. The average molecular weight is 834 g/mol. The highest BCUT2D eigenvalue weighted by Crippen LogP contribution is 2.50. The van der Waals surface area contributed by atoms with Crippen LogP contribution < -0.4 is 15.9 Å². The summed E-state index contributed by atoms with van der Waals surface area (Å²) in [4.78, 5) is 10.3. The molecule has 4 heteroatoms. The molecule has 3 heterocycles. The third kappa shape index (κ3) is 6.66. The summed E-state index contributed by atoms with van der Waals surface area (Å²) < 4.78 is 2.48. The number of aromatic nitrogens is 3. The average Bonchev–Trinajstić information content (AvgIpc) is 3.66. The molecule has 0 N–H and O–H groups in total. The maximum atomic E-state index is 5.19. The van der Waals surface area contributed by atoms with Gasteiger partial charge < -0.3 is 4.57 Å². The third-order valence-electron chi connectivity index (χ3n) is 12.4. The van der Waals surface area contributed by atoms with Crippen LogP contribution in [0.3, 0.4) is 0 Å². The molecule has 3 nitrogen and oxygen atoms in total. The van der Waals surface area contributed by atoms with E-state index in [0.717, 1.165) is 33.8 Å². The van der Waals surface area contributed by atoms with Crippen molar-refractivity contribution in [2.75, 3.05) is 0 Å². The van der Waals surface area contributed by atoms with Gasteiger partial charge in [-0.2, -0.15) is 0 Å². The number of hydrogen-bond acceptors (Lipinski definition) is 2. The lowest BCUT2D eigenvalue weighted by Crippen LogP contribution is -2.22. The molecule has 300 valence electrons. The van der Waals surface area contributed by atoms with Gasteiger partial charge in [-0.3, -0.25) is 0 Å². The highest BCUT2D eigenvalue weighted by Gasteiger charge is 2.32. The van der Waals surface area contributed by atoms with E-state index >= 15 is 0 Å². The molecule has 0 radical (unpaired) electrons. The highest BCUT2D eigenvalue weighted by molar-refractivity contribution is 7.80. The maximum absolute atomic E-state index is 5.19. The fourth-order valence-corrected chi connectivity index (χ4v) is 12.0. The zero-order valence-electron chi connectivity index (χ0n) is 34.9. The highest BCUT2D eigenvalue weighted by atomic mass is 31.1. The molecule has 1 aliphatic rings. The predicted molar refractivity (Wildman–Crippen MR) is 269 cm³/mol. The Morgan fingerprint density at radius 2 is 0.828 bits per heavy atom. The minimum atomic E-state index is -0.911. The second kappa shape index (κ2) is 16.1. The van der Waals surface area contributed by atoms with E-state index in [-0.39, 0.29) is 0 Å². The van der Waals surface area contributed by atoms with Crippen LogP contribution in [0.5, 0.6) is 0 Å². The summed E-state index contributed by atoms with van der Waals surface area (Å²) in [6.45, 7) is 0. The topological polar surface area (TPSA) is 30.7 Å². The van der Waals surface area contributed by atoms with Gasteiger partial charge in [-0.25, -0.2) is 9.97 Å². The van der Waals surface area contributed by atoms with Crippen molar-refractivity contribution in [1.82, 2.24) is 14.5 Å². The fraction of sp³-hybridized carbons (Fsp3) is 0. The van der Waals surface area contributed by atoms with Gasteiger partial charge in [0.1, 0.15) is 0 Å². The lowest BCUT2D eigenvalue weighted by atomic mass is 9.98. The van der Waals surface area contributed by atoms with E-state index in [9.17, 15) is 0 Å². The van der Waals surface area contributed by atoms with Crippen LogP contribution in [-0.4, -0.2) is 14.5 Å². The van der Waals surface area contributed by atoms with Gasteiger partial charge in [-0.1, -0.05) is 212 Å². The monoisotopic (exact) mass is 833 g/mol. The van der Waals surface area contributed by atoms with Crippen LogP contribution in [0.1, 0.15) is 0 Å². The Hall–Kier alpha value is -7.97. The zero-order chi connectivity index (χ0) is 42.4. The van der Waals surface area contributed by atoms with Crippen LogP contribution in [-0.2, 0) is 0 Å². The van der Waals surface area contributed by atoms with Crippen LogP contribution in [0.25, 0.3) is 95.1 Å². The Morgan fingerprint density at radius 3 is 1.50 bits per heavy atom. The second-order valence-corrected chi connectivity index (χ2v) is 18.3. The molecular weight excluding hydrogens is 794 g/mol. The molecule has 0 saturated carbocycles. The molecular formula is C60H40N3P. The summed E-state index contributed by atoms with van der Waals surface area (Å²) in [5, 5.41) is 5.31. The Balaban J connectivity index is 1.00. The molecule has 64 heavy (non-hydrogen) atoms. The van der Waals surface area contributed by atoms with Gasteiger partial charge in [0, 0.05) is 38.9 Å². The molecule has 0 bridgehead atoms. The lowest BCUT2D eigenvalue weighted by Gasteiger charge is -2.23. The summed E-state index contributed by atoms with van der Waals surface area (Å²) in [7, 11) is -0.911. The quantitative estimate of drug-likeness (QED) is 0.150. The Bertz CT molecular complexity index is 3470. The summed E-state index contributed by atoms with van der Waals surface area (Å²) in [6.07, 6.45) is 0. The molecule has 12 rings (SSSR count). The normalized spacial score (nSPS) is 12.8. The molecule has 11 aromatic rings. The number of nitrogens with zero attached hydrogens (tertiary/aromatic N) is 3. The van der Waals surface area contributed by atoms with Crippen molar-refractivity contribution in [3.63, 3.8) is 0 Å².